The second-order valence-corrected chi connectivity index (χ2v) is 8.89. The minimum absolute atomic E-state index is 0.168. The summed E-state index contributed by atoms with van der Waals surface area (Å²) in [7, 11) is -1.47. The zero-order valence-corrected chi connectivity index (χ0v) is 16.0. The predicted octanol–water partition coefficient (Wildman–Crippen LogP) is 3.54. The molecule has 0 saturated carbocycles. The van der Waals surface area contributed by atoms with Gasteiger partial charge in [0.05, 0.1) is 9.79 Å². The summed E-state index contributed by atoms with van der Waals surface area (Å²) in [5.41, 5.74) is 0.698. The fourth-order valence-corrected chi connectivity index (χ4v) is 4.63. The first-order chi connectivity index (χ1) is 13.0. The first-order valence-electron chi connectivity index (χ1n) is 9.08. The molecule has 0 aliphatic carbocycles. The Labute approximate surface area is 159 Å². The van der Waals surface area contributed by atoms with Crippen molar-refractivity contribution in [2.24, 2.45) is 0 Å². The van der Waals surface area contributed by atoms with Gasteiger partial charge in [-0.25, -0.2) is 8.42 Å². The normalized spacial score (nSPS) is 16.5. The summed E-state index contributed by atoms with van der Waals surface area (Å²) in [6.45, 7) is 2.03. The Kier molecular flexibility index (Phi) is 4.85. The van der Waals surface area contributed by atoms with Crippen molar-refractivity contribution in [3.05, 3.63) is 60.8 Å². The van der Waals surface area contributed by atoms with E-state index in [-0.39, 0.29) is 15.9 Å². The van der Waals surface area contributed by atoms with E-state index < -0.39 is 9.84 Å². The second kappa shape index (κ2) is 7.29. The highest BCUT2D eigenvalue weighted by atomic mass is 32.2. The minimum atomic E-state index is -3.59. The Hall–Kier alpha value is -2.44. The van der Waals surface area contributed by atoms with Gasteiger partial charge in [0.2, 0.25) is 9.84 Å². The van der Waals surface area contributed by atoms with Gasteiger partial charge in [-0.05, 0) is 44.2 Å². The lowest BCUT2D eigenvalue weighted by atomic mass is 10.1. The van der Waals surface area contributed by atoms with Crippen molar-refractivity contribution < 1.29 is 13.2 Å². The lowest BCUT2D eigenvalue weighted by Gasteiger charge is -2.29. The number of sulfone groups is 1. The number of benzene rings is 2. The van der Waals surface area contributed by atoms with Gasteiger partial charge in [-0.3, -0.25) is 4.98 Å². The fourth-order valence-electron chi connectivity index (χ4n) is 3.37. The number of hydrogen-bond acceptors (Lipinski definition) is 5. The number of likely N-dealkylation sites (tertiary alicyclic amines) is 1. The van der Waals surface area contributed by atoms with Crippen LogP contribution in [-0.4, -0.2) is 44.5 Å². The highest BCUT2D eigenvalue weighted by Gasteiger charge is 2.21. The van der Waals surface area contributed by atoms with Crippen molar-refractivity contribution in [2.75, 3.05) is 20.1 Å². The molecule has 1 aliphatic rings. The Morgan fingerprint density at radius 1 is 1.00 bits per heavy atom. The first-order valence-corrected chi connectivity index (χ1v) is 10.6. The van der Waals surface area contributed by atoms with Crippen LogP contribution >= 0.6 is 0 Å². The van der Waals surface area contributed by atoms with Gasteiger partial charge in [0.1, 0.15) is 17.4 Å². The predicted molar refractivity (Wildman–Crippen MR) is 105 cm³/mol. The molecule has 4 rings (SSSR count). The van der Waals surface area contributed by atoms with Crippen molar-refractivity contribution in [3.63, 3.8) is 0 Å². The van der Waals surface area contributed by atoms with E-state index in [1.807, 2.05) is 18.2 Å². The Morgan fingerprint density at radius 2 is 1.74 bits per heavy atom. The zero-order chi connectivity index (χ0) is 18.9. The molecule has 6 heteroatoms. The smallest absolute Gasteiger partial charge is 0.208 e. The van der Waals surface area contributed by atoms with Gasteiger partial charge >= 0.3 is 0 Å². The molecule has 0 spiro atoms. The van der Waals surface area contributed by atoms with E-state index in [1.54, 1.807) is 36.4 Å². The molecule has 0 N–H and O–H groups in total. The summed E-state index contributed by atoms with van der Waals surface area (Å²) < 4.78 is 31.9. The molecule has 0 amide bonds. The summed E-state index contributed by atoms with van der Waals surface area (Å²) in [6, 6.07) is 15.7. The van der Waals surface area contributed by atoms with Crippen LogP contribution in [0.25, 0.3) is 10.9 Å². The average Bonchev–Trinajstić information content (AvgIpc) is 2.70. The molecular formula is C21H22N2O3S. The minimum Gasteiger partial charge on any atom is -0.488 e. The van der Waals surface area contributed by atoms with Crippen LogP contribution < -0.4 is 4.74 Å². The topological polar surface area (TPSA) is 59.5 Å². The maximum atomic E-state index is 12.8. The summed E-state index contributed by atoms with van der Waals surface area (Å²) in [4.78, 5) is 7.19. The van der Waals surface area contributed by atoms with E-state index in [0.717, 1.165) is 31.3 Å². The highest BCUT2D eigenvalue weighted by Crippen LogP contribution is 2.29. The van der Waals surface area contributed by atoms with Crippen LogP contribution in [0.2, 0.25) is 0 Å². The van der Waals surface area contributed by atoms with Crippen molar-refractivity contribution >= 4 is 20.7 Å². The third kappa shape index (κ3) is 3.68. The van der Waals surface area contributed by atoms with Gasteiger partial charge in [-0.2, -0.15) is 0 Å². The quantitative estimate of drug-likeness (QED) is 0.691. The molecule has 0 radical (unpaired) electrons. The largest absolute Gasteiger partial charge is 0.488 e. The first kappa shape index (κ1) is 17.9. The number of nitrogens with zero attached hydrogens (tertiary/aromatic N) is 2. The highest BCUT2D eigenvalue weighted by molar-refractivity contribution is 7.91. The molecular weight excluding hydrogens is 360 g/mol. The van der Waals surface area contributed by atoms with Crippen LogP contribution in [0.5, 0.6) is 5.75 Å². The summed E-state index contributed by atoms with van der Waals surface area (Å²) >= 11 is 0. The molecule has 0 bridgehead atoms. The molecule has 0 atom stereocenters. The van der Waals surface area contributed by atoms with Crippen LogP contribution in [-0.2, 0) is 9.84 Å². The van der Waals surface area contributed by atoms with Crippen LogP contribution in [0, 0.1) is 0 Å². The molecule has 3 aromatic rings. The number of para-hydroxylation sites is 1. The standard InChI is InChI=1S/C21H22N2O3S/c1-23-12-10-17(11-13-23)26-20-9-5-6-16-14-19(15-22-21(16)20)27(24,25)18-7-3-2-4-8-18/h2-9,14-15,17H,10-13H2,1H3. The van der Waals surface area contributed by atoms with E-state index in [9.17, 15) is 8.42 Å². The molecule has 2 heterocycles. The zero-order valence-electron chi connectivity index (χ0n) is 15.2. The van der Waals surface area contributed by atoms with Gasteiger partial charge in [-0.15, -0.1) is 0 Å². The van der Waals surface area contributed by atoms with Gasteiger partial charge in [0.15, 0.2) is 0 Å². The molecule has 2 aromatic carbocycles. The third-order valence-electron chi connectivity index (χ3n) is 4.97. The van der Waals surface area contributed by atoms with Crippen LogP contribution in [0.15, 0.2) is 70.6 Å². The van der Waals surface area contributed by atoms with Gasteiger partial charge in [0.25, 0.3) is 0 Å². The number of fused-ring (bicyclic) bond motifs is 1. The number of piperidine rings is 1. The summed E-state index contributed by atoms with van der Waals surface area (Å²) in [6.07, 6.45) is 3.55. The molecule has 27 heavy (non-hydrogen) atoms. The SMILES string of the molecule is CN1CCC(Oc2cccc3cc(S(=O)(=O)c4ccccc4)cnc23)CC1. The molecule has 0 unspecified atom stereocenters. The van der Waals surface area contributed by atoms with Crippen molar-refractivity contribution in [2.45, 2.75) is 28.7 Å². The average molecular weight is 382 g/mol. The molecule has 5 nitrogen and oxygen atoms in total. The fraction of sp³-hybridized carbons (Fsp3) is 0.286. The van der Waals surface area contributed by atoms with Crippen LogP contribution in [0.3, 0.4) is 0 Å². The number of ether oxygens (including phenoxy) is 1. The molecule has 1 saturated heterocycles. The molecule has 140 valence electrons. The van der Waals surface area contributed by atoms with E-state index >= 15 is 0 Å². The summed E-state index contributed by atoms with van der Waals surface area (Å²) in [5, 5.41) is 0.762. The van der Waals surface area contributed by atoms with Gasteiger partial charge in [-0.1, -0.05) is 30.3 Å². The van der Waals surface area contributed by atoms with Gasteiger partial charge < -0.3 is 9.64 Å². The molecule has 1 fully saturated rings. The van der Waals surface area contributed by atoms with Crippen LogP contribution in [0.4, 0.5) is 0 Å². The van der Waals surface area contributed by atoms with Gasteiger partial charge in [0, 0.05) is 24.7 Å². The Morgan fingerprint density at radius 3 is 2.48 bits per heavy atom. The lowest BCUT2D eigenvalue weighted by Crippen LogP contribution is -2.35. The van der Waals surface area contributed by atoms with Crippen molar-refractivity contribution in [3.8, 4) is 5.75 Å². The number of pyridine rings is 1. The second-order valence-electron chi connectivity index (χ2n) is 6.94. The monoisotopic (exact) mass is 382 g/mol. The number of rotatable bonds is 4. The Balaban J connectivity index is 1.66. The van der Waals surface area contributed by atoms with Crippen molar-refractivity contribution in [1.82, 2.24) is 9.88 Å². The maximum Gasteiger partial charge on any atom is 0.208 e. The Bertz CT molecular complexity index is 1040. The third-order valence-corrected chi connectivity index (χ3v) is 6.71. The molecule has 1 aliphatic heterocycles. The van der Waals surface area contributed by atoms with E-state index in [2.05, 4.69) is 16.9 Å². The van der Waals surface area contributed by atoms with E-state index in [1.165, 1.54) is 6.20 Å². The molecule has 1 aromatic heterocycles. The van der Waals surface area contributed by atoms with Crippen molar-refractivity contribution in [1.29, 1.82) is 0 Å². The van der Waals surface area contributed by atoms with Crippen LogP contribution in [0.1, 0.15) is 12.8 Å². The van der Waals surface area contributed by atoms with E-state index in [0.29, 0.717) is 11.3 Å². The number of aromatic nitrogens is 1. The van der Waals surface area contributed by atoms with E-state index in [4.69, 9.17) is 4.74 Å². The summed E-state index contributed by atoms with van der Waals surface area (Å²) in [5.74, 6) is 0.714. The lowest BCUT2D eigenvalue weighted by molar-refractivity contribution is 0.115. The maximum absolute atomic E-state index is 12.8. The number of hydrogen-bond donors (Lipinski definition) is 0.